The number of hydrogen-bond donors (Lipinski definition) is 2. The first-order chi connectivity index (χ1) is 15.4. The number of Topliss-reactive ketones (excluding diaryl/α,β-unsaturated/α-hetero) is 1. The van der Waals surface area contributed by atoms with Crippen molar-refractivity contribution in [3.05, 3.63) is 101 Å². The number of aromatic amines is 1. The van der Waals surface area contributed by atoms with Crippen LogP contribution in [0, 0.1) is 11.6 Å². The molecule has 1 aliphatic heterocycles. The van der Waals surface area contributed by atoms with Gasteiger partial charge in [-0.15, -0.1) is 0 Å². The zero-order valence-electron chi connectivity index (χ0n) is 16.4. The molecule has 2 heterocycles. The van der Waals surface area contributed by atoms with Crippen molar-refractivity contribution in [2.24, 2.45) is 0 Å². The second-order valence-corrected chi connectivity index (χ2v) is 7.31. The number of aliphatic hydroxyl groups is 1. The number of anilines is 1. The van der Waals surface area contributed by atoms with Crippen LogP contribution < -0.4 is 4.90 Å². The first kappa shape index (κ1) is 19.6. The quantitative estimate of drug-likeness (QED) is 0.285. The zero-order valence-corrected chi connectivity index (χ0v) is 16.4. The number of para-hydroxylation sites is 2. The number of nitrogens with zero attached hydrogens (tertiary/aromatic N) is 2. The van der Waals surface area contributed by atoms with Crippen molar-refractivity contribution in [3.63, 3.8) is 0 Å². The Morgan fingerprint density at radius 1 is 0.906 bits per heavy atom. The van der Waals surface area contributed by atoms with E-state index in [9.17, 15) is 23.5 Å². The van der Waals surface area contributed by atoms with E-state index in [2.05, 4.69) is 9.97 Å². The number of carbonyl (C=O) groups is 2. The van der Waals surface area contributed by atoms with Gasteiger partial charge < -0.3 is 10.1 Å². The molecule has 0 saturated carbocycles. The van der Waals surface area contributed by atoms with E-state index in [0.717, 1.165) is 17.0 Å². The molecule has 5 rings (SSSR count). The minimum Gasteiger partial charge on any atom is -0.507 e. The standard InChI is InChI=1S/C24H15F2N3O3/c25-15-9-5-13(6-10-15)20-19(21(30)14-7-11-16(26)12-8-14)22(31)23(32)29(20)24-27-17-3-1-2-4-18(17)28-24/h1-12,20,30H,(H,27,28)/b21-19+. The summed E-state index contributed by atoms with van der Waals surface area (Å²) in [7, 11) is 0. The van der Waals surface area contributed by atoms with E-state index >= 15 is 0 Å². The number of halogens is 2. The van der Waals surface area contributed by atoms with Crippen molar-refractivity contribution in [1.82, 2.24) is 9.97 Å². The van der Waals surface area contributed by atoms with E-state index in [1.54, 1.807) is 24.3 Å². The number of aliphatic hydroxyl groups excluding tert-OH is 1. The van der Waals surface area contributed by atoms with Crippen LogP contribution in [0.25, 0.3) is 16.8 Å². The molecule has 4 aromatic rings. The third kappa shape index (κ3) is 3.13. The molecule has 3 aromatic carbocycles. The zero-order chi connectivity index (χ0) is 22.4. The van der Waals surface area contributed by atoms with Crippen molar-refractivity contribution >= 4 is 34.4 Å². The number of H-pyrrole nitrogens is 1. The molecule has 2 N–H and O–H groups in total. The summed E-state index contributed by atoms with van der Waals surface area (Å²) in [5, 5.41) is 10.9. The van der Waals surface area contributed by atoms with E-state index < -0.39 is 35.1 Å². The number of rotatable bonds is 3. The Kier molecular flexibility index (Phi) is 4.55. The second kappa shape index (κ2) is 7.42. The minimum atomic E-state index is -1.07. The maximum Gasteiger partial charge on any atom is 0.302 e. The lowest BCUT2D eigenvalue weighted by molar-refractivity contribution is -0.132. The molecule has 8 heteroatoms. The molecule has 1 atom stereocenters. The maximum atomic E-state index is 13.6. The fourth-order valence-electron chi connectivity index (χ4n) is 3.83. The predicted octanol–water partition coefficient (Wildman–Crippen LogP) is 4.47. The van der Waals surface area contributed by atoms with Gasteiger partial charge in [-0.25, -0.2) is 13.8 Å². The highest BCUT2D eigenvalue weighted by atomic mass is 19.1. The number of aromatic nitrogens is 2. The Balaban J connectivity index is 1.73. The van der Waals surface area contributed by atoms with Crippen molar-refractivity contribution in [3.8, 4) is 0 Å². The molecule has 158 valence electrons. The number of benzene rings is 3. The molecule has 1 amide bonds. The first-order valence-electron chi connectivity index (χ1n) is 9.71. The highest BCUT2D eigenvalue weighted by Crippen LogP contribution is 2.41. The van der Waals surface area contributed by atoms with Gasteiger partial charge in [-0.1, -0.05) is 24.3 Å². The number of fused-ring (bicyclic) bond motifs is 1. The Labute approximate surface area is 180 Å². The van der Waals surface area contributed by atoms with Crippen molar-refractivity contribution in [2.75, 3.05) is 4.90 Å². The Morgan fingerprint density at radius 2 is 1.53 bits per heavy atom. The molecular formula is C24H15F2N3O3. The third-order valence-corrected chi connectivity index (χ3v) is 5.35. The number of ketones is 1. The van der Waals surface area contributed by atoms with Crippen LogP contribution in [0.2, 0.25) is 0 Å². The Hall–Kier alpha value is -4.33. The summed E-state index contributed by atoms with van der Waals surface area (Å²) in [6.45, 7) is 0. The molecule has 1 saturated heterocycles. The van der Waals surface area contributed by atoms with E-state index in [0.29, 0.717) is 16.6 Å². The van der Waals surface area contributed by atoms with Gasteiger partial charge in [0, 0.05) is 5.56 Å². The van der Waals surface area contributed by atoms with Crippen molar-refractivity contribution < 1.29 is 23.5 Å². The summed E-state index contributed by atoms with van der Waals surface area (Å²) in [6.07, 6.45) is 0. The lowest BCUT2D eigenvalue weighted by Crippen LogP contribution is -2.30. The van der Waals surface area contributed by atoms with Gasteiger partial charge in [-0.2, -0.15) is 0 Å². The summed E-state index contributed by atoms with van der Waals surface area (Å²) in [5.74, 6) is -3.19. The van der Waals surface area contributed by atoms with Gasteiger partial charge in [0.25, 0.3) is 5.78 Å². The summed E-state index contributed by atoms with van der Waals surface area (Å²) < 4.78 is 26.9. The molecule has 1 unspecified atom stereocenters. The molecule has 0 spiro atoms. The van der Waals surface area contributed by atoms with Crippen LogP contribution in [-0.4, -0.2) is 26.8 Å². The van der Waals surface area contributed by atoms with Crippen LogP contribution in [0.1, 0.15) is 17.2 Å². The molecule has 0 bridgehead atoms. The Bertz CT molecular complexity index is 1360. The number of imidazole rings is 1. The molecule has 6 nitrogen and oxygen atoms in total. The van der Waals surface area contributed by atoms with Gasteiger partial charge in [0.05, 0.1) is 22.6 Å². The minimum absolute atomic E-state index is 0.112. The predicted molar refractivity (Wildman–Crippen MR) is 114 cm³/mol. The van der Waals surface area contributed by atoms with Crippen LogP contribution in [0.3, 0.4) is 0 Å². The smallest absolute Gasteiger partial charge is 0.302 e. The molecule has 0 radical (unpaired) electrons. The van der Waals surface area contributed by atoms with Crippen LogP contribution in [-0.2, 0) is 9.59 Å². The fraction of sp³-hybridized carbons (Fsp3) is 0.0417. The Morgan fingerprint density at radius 3 is 2.19 bits per heavy atom. The summed E-state index contributed by atoms with van der Waals surface area (Å²) in [5.41, 5.74) is 1.60. The van der Waals surface area contributed by atoms with Gasteiger partial charge in [0.1, 0.15) is 17.4 Å². The second-order valence-electron chi connectivity index (χ2n) is 7.31. The largest absolute Gasteiger partial charge is 0.507 e. The van der Waals surface area contributed by atoms with Crippen LogP contribution in [0.15, 0.2) is 78.4 Å². The monoisotopic (exact) mass is 431 g/mol. The van der Waals surface area contributed by atoms with Crippen LogP contribution in [0.5, 0.6) is 0 Å². The fourth-order valence-corrected chi connectivity index (χ4v) is 3.83. The van der Waals surface area contributed by atoms with E-state index in [4.69, 9.17) is 0 Å². The van der Waals surface area contributed by atoms with Crippen LogP contribution in [0.4, 0.5) is 14.7 Å². The topological polar surface area (TPSA) is 86.3 Å². The highest BCUT2D eigenvalue weighted by molar-refractivity contribution is 6.51. The van der Waals surface area contributed by atoms with Gasteiger partial charge >= 0.3 is 5.91 Å². The van der Waals surface area contributed by atoms with E-state index in [-0.39, 0.29) is 17.1 Å². The SMILES string of the molecule is O=C1C(=O)N(c2nc3ccccc3[nH]2)C(c2ccc(F)cc2)/C1=C(\O)c1ccc(F)cc1. The normalized spacial score (nSPS) is 17.9. The molecule has 1 aliphatic rings. The third-order valence-electron chi connectivity index (χ3n) is 5.35. The average molecular weight is 431 g/mol. The van der Waals surface area contributed by atoms with E-state index in [1.807, 2.05) is 0 Å². The molecule has 0 aliphatic carbocycles. The van der Waals surface area contributed by atoms with Gasteiger partial charge in [0.2, 0.25) is 5.95 Å². The van der Waals surface area contributed by atoms with Crippen molar-refractivity contribution in [2.45, 2.75) is 6.04 Å². The average Bonchev–Trinajstić information content (AvgIpc) is 3.33. The number of nitrogens with one attached hydrogen (secondary N) is 1. The molecule has 1 fully saturated rings. The van der Waals surface area contributed by atoms with Crippen molar-refractivity contribution in [1.29, 1.82) is 0 Å². The summed E-state index contributed by atoms with van der Waals surface area (Å²) >= 11 is 0. The molecule has 32 heavy (non-hydrogen) atoms. The van der Waals surface area contributed by atoms with Gasteiger partial charge in [-0.3, -0.25) is 14.5 Å². The van der Waals surface area contributed by atoms with Gasteiger partial charge in [-0.05, 0) is 54.1 Å². The lowest BCUT2D eigenvalue weighted by atomic mass is 9.95. The molecule has 1 aromatic heterocycles. The summed E-state index contributed by atoms with van der Waals surface area (Å²) in [4.78, 5) is 34.7. The number of amides is 1. The van der Waals surface area contributed by atoms with E-state index in [1.165, 1.54) is 36.4 Å². The first-order valence-corrected chi connectivity index (χ1v) is 9.71. The maximum absolute atomic E-state index is 13.6. The van der Waals surface area contributed by atoms with Crippen LogP contribution >= 0.6 is 0 Å². The summed E-state index contributed by atoms with van der Waals surface area (Å²) in [6, 6.07) is 16.2. The highest BCUT2D eigenvalue weighted by Gasteiger charge is 2.48. The van der Waals surface area contributed by atoms with Gasteiger partial charge in [0.15, 0.2) is 0 Å². The number of carbonyl (C=O) groups excluding carboxylic acids is 2. The molecular weight excluding hydrogens is 416 g/mol. The number of hydrogen-bond acceptors (Lipinski definition) is 4. The lowest BCUT2D eigenvalue weighted by Gasteiger charge is -2.23.